The van der Waals surface area contributed by atoms with E-state index in [1.807, 2.05) is 0 Å². The van der Waals surface area contributed by atoms with Gasteiger partial charge in [0.1, 0.15) is 5.82 Å². The number of hydrogen-bond donors (Lipinski definition) is 0. The molecule has 0 unspecified atom stereocenters. The largest absolute Gasteiger partial charge is 0.205 e. The fourth-order valence-electron chi connectivity index (χ4n) is 0.475. The van der Waals surface area contributed by atoms with Crippen molar-refractivity contribution in [3.8, 4) is 0 Å². The Labute approximate surface area is 66.6 Å². The lowest BCUT2D eigenvalue weighted by Crippen LogP contribution is -1.74. The van der Waals surface area contributed by atoms with Crippen molar-refractivity contribution in [3.05, 3.63) is 28.5 Å². The van der Waals surface area contributed by atoms with Crippen LogP contribution in [0, 0.1) is 5.82 Å². The zero-order chi connectivity index (χ0) is 6.85. The smallest absolute Gasteiger partial charge is 0.142 e. The van der Waals surface area contributed by atoms with Crippen LogP contribution in [0.4, 0.5) is 4.39 Å². The van der Waals surface area contributed by atoms with Crippen LogP contribution in [-0.4, -0.2) is 0 Å². The highest BCUT2D eigenvalue weighted by Crippen LogP contribution is 2.17. The second-order valence-electron chi connectivity index (χ2n) is 1.57. The van der Waals surface area contributed by atoms with Crippen molar-refractivity contribution in [3.63, 3.8) is 0 Å². The second kappa shape index (κ2) is 2.62. The lowest BCUT2D eigenvalue weighted by atomic mass is 10.3. The maximum atomic E-state index is 12.4. The molecule has 0 spiro atoms. The number of hydrogen-bond acceptors (Lipinski definition) is 0. The standard InChI is InChI=1S/C6H3BrFS/c7-4-1-2-6(9)5(8)3-4/h1-3H. The minimum absolute atomic E-state index is 0.262. The summed E-state index contributed by atoms with van der Waals surface area (Å²) in [6.45, 7) is 0. The van der Waals surface area contributed by atoms with Gasteiger partial charge in [-0.15, -0.1) is 0 Å². The van der Waals surface area contributed by atoms with Crippen LogP contribution in [0.25, 0.3) is 0 Å². The van der Waals surface area contributed by atoms with E-state index in [9.17, 15) is 4.39 Å². The Kier molecular flexibility index (Phi) is 2.03. The second-order valence-corrected chi connectivity index (χ2v) is 2.93. The third kappa shape index (κ3) is 1.63. The Hall–Kier alpha value is -0.150. The molecule has 1 rings (SSSR count). The van der Waals surface area contributed by atoms with Crippen LogP contribution < -0.4 is 0 Å². The van der Waals surface area contributed by atoms with Crippen LogP contribution in [0.2, 0.25) is 0 Å². The van der Waals surface area contributed by atoms with Crippen LogP contribution in [0.3, 0.4) is 0 Å². The summed E-state index contributed by atoms with van der Waals surface area (Å²) in [6, 6.07) is 4.61. The summed E-state index contributed by atoms with van der Waals surface area (Å²) in [5, 5.41) is 0. The van der Waals surface area contributed by atoms with E-state index in [-0.39, 0.29) is 10.7 Å². The van der Waals surface area contributed by atoms with E-state index < -0.39 is 0 Å². The number of benzene rings is 1. The van der Waals surface area contributed by atoms with Gasteiger partial charge >= 0.3 is 0 Å². The molecule has 0 saturated carbocycles. The highest BCUT2D eigenvalue weighted by molar-refractivity contribution is 9.10. The van der Waals surface area contributed by atoms with Gasteiger partial charge in [0.25, 0.3) is 0 Å². The summed E-state index contributed by atoms with van der Waals surface area (Å²) in [6.07, 6.45) is 0. The highest BCUT2D eigenvalue weighted by Gasteiger charge is 1.96. The van der Waals surface area contributed by atoms with Crippen LogP contribution in [-0.2, 0) is 0 Å². The summed E-state index contributed by atoms with van der Waals surface area (Å²) in [5.41, 5.74) is 0. The molecule has 1 radical (unpaired) electrons. The van der Waals surface area contributed by atoms with E-state index in [0.29, 0.717) is 4.47 Å². The van der Waals surface area contributed by atoms with Crippen LogP contribution in [0.15, 0.2) is 27.6 Å². The van der Waals surface area contributed by atoms with Gasteiger partial charge in [0.05, 0.1) is 4.90 Å². The molecule has 0 aliphatic rings. The molecule has 47 valence electrons. The molecule has 0 fully saturated rings. The Morgan fingerprint density at radius 3 is 2.56 bits per heavy atom. The fraction of sp³-hybridized carbons (Fsp3) is 0. The molecule has 0 heterocycles. The number of halogens is 2. The molecule has 9 heavy (non-hydrogen) atoms. The van der Waals surface area contributed by atoms with E-state index in [4.69, 9.17) is 0 Å². The summed E-state index contributed by atoms with van der Waals surface area (Å²) in [7, 11) is 0. The summed E-state index contributed by atoms with van der Waals surface area (Å²) in [5.74, 6) is -0.348. The third-order valence-corrected chi connectivity index (χ3v) is 1.72. The Bertz CT molecular complexity index is 224. The van der Waals surface area contributed by atoms with Gasteiger partial charge in [-0.25, -0.2) is 4.39 Å². The molecule has 3 heteroatoms. The van der Waals surface area contributed by atoms with E-state index in [0.717, 1.165) is 0 Å². The summed E-state index contributed by atoms with van der Waals surface area (Å²) < 4.78 is 13.2. The molecule has 1 aromatic carbocycles. The molecular weight excluding hydrogens is 203 g/mol. The van der Waals surface area contributed by atoms with E-state index in [2.05, 4.69) is 28.6 Å². The Morgan fingerprint density at radius 1 is 1.44 bits per heavy atom. The van der Waals surface area contributed by atoms with Crippen LogP contribution >= 0.6 is 28.6 Å². The van der Waals surface area contributed by atoms with Crippen molar-refractivity contribution < 1.29 is 4.39 Å². The van der Waals surface area contributed by atoms with Gasteiger partial charge in [0.15, 0.2) is 0 Å². The van der Waals surface area contributed by atoms with E-state index in [1.165, 1.54) is 6.07 Å². The first-order valence-corrected chi connectivity index (χ1v) is 3.52. The molecule has 0 N–H and O–H groups in total. The predicted octanol–water partition coefficient (Wildman–Crippen LogP) is 3.14. The molecule has 0 saturated heterocycles. The molecule has 1 aromatic rings. The first-order valence-electron chi connectivity index (χ1n) is 2.32. The van der Waals surface area contributed by atoms with E-state index >= 15 is 0 Å². The van der Waals surface area contributed by atoms with Crippen molar-refractivity contribution in [1.29, 1.82) is 0 Å². The minimum atomic E-state index is -0.348. The molecular formula is C6H3BrFS. The molecule has 0 nitrogen and oxygen atoms in total. The molecule has 0 atom stereocenters. The maximum Gasteiger partial charge on any atom is 0.142 e. The normalized spacial score (nSPS) is 9.56. The lowest BCUT2D eigenvalue weighted by Gasteiger charge is -1.91. The SMILES string of the molecule is Fc1cc(Br)ccc1[S]. The zero-order valence-corrected chi connectivity index (χ0v) is 6.80. The van der Waals surface area contributed by atoms with Crippen molar-refractivity contribution in [2.24, 2.45) is 0 Å². The number of rotatable bonds is 0. The Morgan fingerprint density at radius 2 is 2.11 bits per heavy atom. The van der Waals surface area contributed by atoms with Crippen molar-refractivity contribution in [2.45, 2.75) is 4.90 Å². The minimum Gasteiger partial charge on any atom is -0.205 e. The summed E-state index contributed by atoms with van der Waals surface area (Å²) in [4.78, 5) is 0.262. The average Bonchev–Trinajstić information content (AvgIpc) is 1.80. The topological polar surface area (TPSA) is 0 Å². The van der Waals surface area contributed by atoms with Gasteiger partial charge < -0.3 is 0 Å². The average molecular weight is 206 g/mol. The molecule has 0 aliphatic carbocycles. The monoisotopic (exact) mass is 205 g/mol. The first kappa shape index (κ1) is 6.96. The molecule has 0 aromatic heterocycles. The molecule has 0 amide bonds. The van der Waals surface area contributed by atoms with Gasteiger partial charge in [-0.1, -0.05) is 28.6 Å². The van der Waals surface area contributed by atoms with E-state index in [1.54, 1.807) is 12.1 Å². The quantitative estimate of drug-likeness (QED) is 0.611. The zero-order valence-electron chi connectivity index (χ0n) is 4.40. The third-order valence-electron chi connectivity index (χ3n) is 0.894. The lowest BCUT2D eigenvalue weighted by molar-refractivity contribution is 0.601. The summed E-state index contributed by atoms with van der Waals surface area (Å²) >= 11 is 7.73. The molecule has 0 bridgehead atoms. The molecule has 0 aliphatic heterocycles. The van der Waals surface area contributed by atoms with Gasteiger partial charge in [-0.3, -0.25) is 0 Å². The predicted molar refractivity (Wildman–Crippen MR) is 40.0 cm³/mol. The van der Waals surface area contributed by atoms with Crippen molar-refractivity contribution in [1.82, 2.24) is 0 Å². The van der Waals surface area contributed by atoms with Gasteiger partial charge in [-0.05, 0) is 18.2 Å². The maximum absolute atomic E-state index is 12.4. The van der Waals surface area contributed by atoms with Gasteiger partial charge in [-0.2, -0.15) is 0 Å². The Balaban J connectivity index is 3.17. The van der Waals surface area contributed by atoms with Gasteiger partial charge in [0.2, 0.25) is 0 Å². The van der Waals surface area contributed by atoms with Crippen LogP contribution in [0.1, 0.15) is 0 Å². The fourth-order valence-corrected chi connectivity index (χ4v) is 0.935. The van der Waals surface area contributed by atoms with Crippen molar-refractivity contribution in [2.75, 3.05) is 0 Å². The highest BCUT2D eigenvalue weighted by atomic mass is 79.9. The van der Waals surface area contributed by atoms with Crippen LogP contribution in [0.5, 0.6) is 0 Å². The first-order chi connectivity index (χ1) is 4.20. The van der Waals surface area contributed by atoms with Gasteiger partial charge in [0, 0.05) is 4.47 Å². The van der Waals surface area contributed by atoms with Crippen molar-refractivity contribution >= 4 is 28.6 Å².